The van der Waals surface area contributed by atoms with Gasteiger partial charge in [-0.3, -0.25) is 0 Å². The van der Waals surface area contributed by atoms with Gasteiger partial charge in [-0.1, -0.05) is 6.92 Å². The quantitative estimate of drug-likeness (QED) is 0.866. The SMILES string of the molecule is CCOc1cc(O)c(C(=O)OC)c(C(F)(F)F)c1CC. The van der Waals surface area contributed by atoms with Crippen molar-refractivity contribution >= 4 is 5.97 Å². The molecule has 112 valence electrons. The fraction of sp³-hybridized carbons (Fsp3) is 0.462. The number of benzene rings is 1. The first-order valence-electron chi connectivity index (χ1n) is 5.94. The minimum atomic E-state index is -4.81. The number of rotatable bonds is 4. The van der Waals surface area contributed by atoms with Gasteiger partial charge in [0.2, 0.25) is 0 Å². The van der Waals surface area contributed by atoms with Crippen LogP contribution in [0.4, 0.5) is 13.2 Å². The molecular weight excluding hydrogens is 277 g/mol. The van der Waals surface area contributed by atoms with E-state index in [9.17, 15) is 23.1 Å². The number of alkyl halides is 3. The van der Waals surface area contributed by atoms with Crippen LogP contribution < -0.4 is 4.74 Å². The summed E-state index contributed by atoms with van der Waals surface area (Å²) in [5.74, 6) is -2.15. The second-order valence-electron chi connectivity index (χ2n) is 3.90. The Balaban J connectivity index is 3.72. The van der Waals surface area contributed by atoms with Gasteiger partial charge >= 0.3 is 12.1 Å². The van der Waals surface area contributed by atoms with Gasteiger partial charge in [0.1, 0.15) is 17.1 Å². The standard InChI is InChI=1S/C13H15F3O4/c1-4-7-9(20-5-2)6-8(17)10(12(18)19-3)11(7)13(14,15)16/h6,17H,4-5H2,1-3H3. The number of hydrogen-bond acceptors (Lipinski definition) is 4. The lowest BCUT2D eigenvalue weighted by molar-refractivity contribution is -0.139. The fourth-order valence-corrected chi connectivity index (χ4v) is 1.94. The molecule has 0 amide bonds. The molecule has 0 unspecified atom stereocenters. The monoisotopic (exact) mass is 292 g/mol. The molecule has 4 nitrogen and oxygen atoms in total. The summed E-state index contributed by atoms with van der Waals surface area (Å²) in [4.78, 5) is 11.5. The molecule has 0 saturated carbocycles. The summed E-state index contributed by atoms with van der Waals surface area (Å²) >= 11 is 0. The maximum Gasteiger partial charge on any atom is 0.417 e. The second-order valence-corrected chi connectivity index (χ2v) is 3.90. The van der Waals surface area contributed by atoms with Crippen LogP contribution in [-0.4, -0.2) is 24.8 Å². The third kappa shape index (κ3) is 2.97. The highest BCUT2D eigenvalue weighted by Crippen LogP contribution is 2.43. The number of ether oxygens (including phenoxy) is 2. The van der Waals surface area contributed by atoms with Crippen molar-refractivity contribution in [2.75, 3.05) is 13.7 Å². The Hall–Kier alpha value is -1.92. The molecule has 7 heteroatoms. The average Bonchev–Trinajstić information content (AvgIpc) is 2.36. The summed E-state index contributed by atoms with van der Waals surface area (Å²) in [5.41, 5.74) is -2.28. The van der Waals surface area contributed by atoms with Crippen molar-refractivity contribution in [1.82, 2.24) is 0 Å². The number of methoxy groups -OCH3 is 1. The zero-order chi connectivity index (χ0) is 15.5. The Bertz CT molecular complexity index is 509. The zero-order valence-corrected chi connectivity index (χ0v) is 11.3. The summed E-state index contributed by atoms with van der Waals surface area (Å²) in [6, 6.07) is 1.00. The molecule has 1 aromatic rings. The summed E-state index contributed by atoms with van der Waals surface area (Å²) in [6.07, 6.45) is -4.81. The Morgan fingerprint density at radius 1 is 1.35 bits per heavy atom. The molecule has 1 N–H and O–H groups in total. The summed E-state index contributed by atoms with van der Waals surface area (Å²) in [6.45, 7) is 3.25. The molecule has 0 aliphatic rings. The lowest BCUT2D eigenvalue weighted by Crippen LogP contribution is -2.18. The number of hydrogen-bond donors (Lipinski definition) is 1. The first-order chi connectivity index (χ1) is 9.27. The normalized spacial score (nSPS) is 11.3. The first-order valence-corrected chi connectivity index (χ1v) is 5.94. The van der Waals surface area contributed by atoms with Gasteiger partial charge in [-0.25, -0.2) is 4.79 Å². The number of esters is 1. The number of phenols is 1. The molecule has 0 heterocycles. The second kappa shape index (κ2) is 6.02. The molecular formula is C13H15F3O4. The van der Waals surface area contributed by atoms with E-state index in [1.807, 2.05) is 0 Å². The first kappa shape index (κ1) is 16.1. The molecule has 1 rings (SSSR count). The third-order valence-corrected chi connectivity index (χ3v) is 2.70. The van der Waals surface area contributed by atoms with E-state index in [1.165, 1.54) is 6.92 Å². The van der Waals surface area contributed by atoms with Crippen LogP contribution in [0.25, 0.3) is 0 Å². The molecule has 0 saturated heterocycles. The van der Waals surface area contributed by atoms with Gasteiger partial charge in [-0.05, 0) is 13.3 Å². The zero-order valence-electron chi connectivity index (χ0n) is 11.3. The molecule has 0 spiro atoms. The van der Waals surface area contributed by atoms with Crippen LogP contribution in [0.15, 0.2) is 6.07 Å². The maximum atomic E-state index is 13.2. The van der Waals surface area contributed by atoms with E-state index in [0.717, 1.165) is 13.2 Å². The number of aromatic hydroxyl groups is 1. The van der Waals surface area contributed by atoms with Crippen molar-refractivity contribution in [2.45, 2.75) is 26.4 Å². The lowest BCUT2D eigenvalue weighted by Gasteiger charge is -2.20. The molecule has 20 heavy (non-hydrogen) atoms. The van der Waals surface area contributed by atoms with E-state index in [2.05, 4.69) is 4.74 Å². The van der Waals surface area contributed by atoms with Crippen molar-refractivity contribution in [3.63, 3.8) is 0 Å². The van der Waals surface area contributed by atoms with Crippen LogP contribution in [0.5, 0.6) is 11.5 Å². The Labute approximate surface area is 114 Å². The molecule has 0 aromatic heterocycles. The molecule has 0 bridgehead atoms. The Kier molecular flexibility index (Phi) is 4.86. The van der Waals surface area contributed by atoms with E-state index in [1.54, 1.807) is 6.92 Å². The molecule has 0 aliphatic carbocycles. The van der Waals surface area contributed by atoms with E-state index in [4.69, 9.17) is 4.74 Å². The fourth-order valence-electron chi connectivity index (χ4n) is 1.94. The lowest BCUT2D eigenvalue weighted by atomic mass is 9.96. The van der Waals surface area contributed by atoms with Gasteiger partial charge in [0.25, 0.3) is 0 Å². The van der Waals surface area contributed by atoms with Crippen LogP contribution in [0, 0.1) is 0 Å². The summed E-state index contributed by atoms with van der Waals surface area (Å²) in [5, 5.41) is 9.70. The third-order valence-electron chi connectivity index (χ3n) is 2.70. The van der Waals surface area contributed by atoms with Crippen LogP contribution >= 0.6 is 0 Å². The number of carbonyl (C=O) groups is 1. The van der Waals surface area contributed by atoms with E-state index in [0.29, 0.717) is 0 Å². The number of phenolic OH excluding ortho intramolecular Hbond substituents is 1. The minimum Gasteiger partial charge on any atom is -0.507 e. The van der Waals surface area contributed by atoms with E-state index in [-0.39, 0.29) is 24.3 Å². The van der Waals surface area contributed by atoms with Crippen LogP contribution in [0.3, 0.4) is 0 Å². The molecule has 0 atom stereocenters. The Morgan fingerprint density at radius 3 is 2.35 bits per heavy atom. The van der Waals surface area contributed by atoms with E-state index >= 15 is 0 Å². The number of carbonyl (C=O) groups excluding carboxylic acids is 1. The summed E-state index contributed by atoms with van der Waals surface area (Å²) in [7, 11) is 0.948. The van der Waals surface area contributed by atoms with Gasteiger partial charge in [0.15, 0.2) is 0 Å². The van der Waals surface area contributed by atoms with Crippen LogP contribution in [0.2, 0.25) is 0 Å². The van der Waals surface area contributed by atoms with Crippen molar-refractivity contribution in [1.29, 1.82) is 0 Å². The average molecular weight is 292 g/mol. The van der Waals surface area contributed by atoms with Crippen molar-refractivity contribution in [3.05, 3.63) is 22.8 Å². The maximum absolute atomic E-state index is 13.2. The van der Waals surface area contributed by atoms with Gasteiger partial charge in [0, 0.05) is 11.6 Å². The highest BCUT2D eigenvalue weighted by Gasteiger charge is 2.41. The molecule has 0 radical (unpaired) electrons. The predicted molar refractivity (Wildman–Crippen MR) is 65.0 cm³/mol. The van der Waals surface area contributed by atoms with Gasteiger partial charge in [0.05, 0.1) is 19.3 Å². The van der Waals surface area contributed by atoms with E-state index < -0.39 is 29.0 Å². The molecule has 1 aromatic carbocycles. The van der Waals surface area contributed by atoms with Gasteiger partial charge in [-0.15, -0.1) is 0 Å². The summed E-state index contributed by atoms with van der Waals surface area (Å²) < 4.78 is 49.1. The van der Waals surface area contributed by atoms with Crippen LogP contribution in [-0.2, 0) is 17.3 Å². The minimum absolute atomic E-state index is 0.00551. The van der Waals surface area contributed by atoms with Crippen molar-refractivity contribution in [3.8, 4) is 11.5 Å². The Morgan fingerprint density at radius 2 is 1.95 bits per heavy atom. The van der Waals surface area contributed by atoms with Gasteiger partial charge < -0.3 is 14.6 Å². The predicted octanol–water partition coefficient (Wildman–Crippen LogP) is 3.16. The smallest absolute Gasteiger partial charge is 0.417 e. The molecule has 0 aliphatic heterocycles. The van der Waals surface area contributed by atoms with Crippen molar-refractivity contribution in [2.24, 2.45) is 0 Å². The highest BCUT2D eigenvalue weighted by molar-refractivity contribution is 5.95. The molecule has 0 fully saturated rings. The van der Waals surface area contributed by atoms with Gasteiger partial charge in [-0.2, -0.15) is 13.2 Å². The topological polar surface area (TPSA) is 55.8 Å². The highest BCUT2D eigenvalue weighted by atomic mass is 19.4. The largest absolute Gasteiger partial charge is 0.507 e. The van der Waals surface area contributed by atoms with Crippen LogP contribution in [0.1, 0.15) is 35.3 Å². The van der Waals surface area contributed by atoms with Crippen molar-refractivity contribution < 1.29 is 32.5 Å². The number of halogens is 3.